The third-order valence-electron chi connectivity index (χ3n) is 2.86. The lowest BCUT2D eigenvalue weighted by molar-refractivity contribution is -0.131. The van der Waals surface area contributed by atoms with E-state index in [9.17, 15) is 9.18 Å². The molecule has 0 aliphatic rings. The SMILES string of the molecule is O=C(O)/C=C/c1cc(Cl)c(OCc2c(F)cccc2Cl)c(Cl)c1. The highest BCUT2D eigenvalue weighted by atomic mass is 35.5. The molecule has 0 aromatic heterocycles. The van der Waals surface area contributed by atoms with Crippen LogP contribution in [0.1, 0.15) is 11.1 Å². The zero-order valence-electron chi connectivity index (χ0n) is 11.5. The standard InChI is InChI=1S/C16H10Cl3FO3/c17-11-2-1-3-14(20)10(11)8-23-16-12(18)6-9(7-13(16)19)4-5-15(21)22/h1-7H,8H2,(H,21,22)/b5-4+. The first-order valence-electron chi connectivity index (χ1n) is 6.34. The van der Waals surface area contributed by atoms with Crippen molar-refractivity contribution in [1.82, 2.24) is 0 Å². The Kier molecular flexibility index (Phi) is 5.88. The van der Waals surface area contributed by atoms with Crippen LogP contribution >= 0.6 is 34.8 Å². The minimum Gasteiger partial charge on any atom is -0.486 e. The number of hydrogen-bond donors (Lipinski definition) is 1. The summed E-state index contributed by atoms with van der Waals surface area (Å²) in [5.41, 5.74) is 0.690. The van der Waals surface area contributed by atoms with Crippen LogP contribution in [-0.2, 0) is 11.4 Å². The Bertz CT molecular complexity index is 732. The summed E-state index contributed by atoms with van der Waals surface area (Å²) in [4.78, 5) is 10.5. The molecule has 0 aliphatic carbocycles. The van der Waals surface area contributed by atoms with Crippen LogP contribution in [0.2, 0.25) is 15.1 Å². The van der Waals surface area contributed by atoms with Gasteiger partial charge in [0.15, 0.2) is 5.75 Å². The van der Waals surface area contributed by atoms with Crippen molar-refractivity contribution in [2.24, 2.45) is 0 Å². The average molecular weight is 376 g/mol. The van der Waals surface area contributed by atoms with Crippen molar-refractivity contribution >= 4 is 46.8 Å². The van der Waals surface area contributed by atoms with Gasteiger partial charge < -0.3 is 9.84 Å². The summed E-state index contributed by atoms with van der Waals surface area (Å²) in [5, 5.41) is 9.19. The Hall–Kier alpha value is -1.75. The van der Waals surface area contributed by atoms with Crippen LogP contribution in [0.5, 0.6) is 5.75 Å². The van der Waals surface area contributed by atoms with Crippen LogP contribution in [0.4, 0.5) is 4.39 Å². The van der Waals surface area contributed by atoms with Gasteiger partial charge in [-0.1, -0.05) is 40.9 Å². The molecule has 1 N–H and O–H groups in total. The summed E-state index contributed by atoms with van der Waals surface area (Å²) < 4.78 is 19.2. The minimum atomic E-state index is -1.09. The number of carboxylic acids is 1. The topological polar surface area (TPSA) is 46.5 Å². The second-order valence-corrected chi connectivity index (χ2v) is 5.70. The first kappa shape index (κ1) is 17.6. The van der Waals surface area contributed by atoms with Crippen molar-refractivity contribution in [3.05, 3.63) is 68.4 Å². The fraction of sp³-hybridized carbons (Fsp3) is 0.0625. The van der Waals surface area contributed by atoms with Crippen molar-refractivity contribution in [3.8, 4) is 5.75 Å². The summed E-state index contributed by atoms with van der Waals surface area (Å²) in [5.74, 6) is -1.42. The largest absolute Gasteiger partial charge is 0.486 e. The summed E-state index contributed by atoms with van der Waals surface area (Å²) in [6.07, 6.45) is 2.30. The van der Waals surface area contributed by atoms with E-state index in [1.54, 1.807) is 6.07 Å². The Morgan fingerprint density at radius 3 is 2.39 bits per heavy atom. The molecule has 2 rings (SSSR count). The lowest BCUT2D eigenvalue weighted by atomic mass is 10.2. The fourth-order valence-electron chi connectivity index (χ4n) is 1.80. The number of aliphatic carboxylic acids is 1. The van der Waals surface area contributed by atoms with Crippen LogP contribution in [0.25, 0.3) is 6.08 Å². The zero-order valence-corrected chi connectivity index (χ0v) is 13.8. The van der Waals surface area contributed by atoms with E-state index in [0.29, 0.717) is 5.56 Å². The van der Waals surface area contributed by atoms with Crippen molar-refractivity contribution < 1.29 is 19.0 Å². The predicted octanol–water partition coefficient (Wildman–Crippen LogP) is 5.46. The molecular weight excluding hydrogens is 366 g/mol. The molecule has 0 aliphatic heterocycles. The van der Waals surface area contributed by atoms with Crippen molar-refractivity contribution in [1.29, 1.82) is 0 Å². The molecule has 0 saturated heterocycles. The molecule has 0 fully saturated rings. The normalized spacial score (nSPS) is 11.0. The van der Waals surface area contributed by atoms with Gasteiger partial charge in [0, 0.05) is 11.6 Å². The molecule has 7 heteroatoms. The zero-order chi connectivity index (χ0) is 17.0. The van der Waals surface area contributed by atoms with E-state index in [4.69, 9.17) is 44.6 Å². The second-order valence-electron chi connectivity index (χ2n) is 4.47. The number of halogens is 4. The summed E-state index contributed by atoms with van der Waals surface area (Å²) in [7, 11) is 0. The maximum atomic E-state index is 13.7. The van der Waals surface area contributed by atoms with Crippen LogP contribution in [0, 0.1) is 5.82 Å². The van der Waals surface area contributed by atoms with E-state index < -0.39 is 11.8 Å². The van der Waals surface area contributed by atoms with E-state index in [0.717, 1.165) is 6.08 Å². The Morgan fingerprint density at radius 1 is 1.17 bits per heavy atom. The number of hydrogen-bond acceptors (Lipinski definition) is 2. The molecule has 0 atom stereocenters. The Morgan fingerprint density at radius 2 is 1.83 bits per heavy atom. The number of ether oxygens (including phenoxy) is 1. The van der Waals surface area contributed by atoms with Gasteiger partial charge in [-0.05, 0) is 35.9 Å². The van der Waals surface area contributed by atoms with Crippen molar-refractivity contribution in [3.63, 3.8) is 0 Å². The number of benzene rings is 2. The van der Waals surface area contributed by atoms with Gasteiger partial charge in [-0.15, -0.1) is 0 Å². The monoisotopic (exact) mass is 374 g/mol. The first-order chi connectivity index (χ1) is 10.9. The molecule has 2 aromatic carbocycles. The molecule has 120 valence electrons. The molecule has 0 saturated carbocycles. The fourth-order valence-corrected chi connectivity index (χ4v) is 2.63. The molecule has 0 spiro atoms. The van der Waals surface area contributed by atoms with Gasteiger partial charge >= 0.3 is 5.97 Å². The third kappa shape index (κ3) is 4.61. The quantitative estimate of drug-likeness (QED) is 0.706. The van der Waals surface area contributed by atoms with Gasteiger partial charge in [0.2, 0.25) is 0 Å². The molecular formula is C16H10Cl3FO3. The molecule has 0 radical (unpaired) electrons. The second kappa shape index (κ2) is 7.68. The molecule has 3 nitrogen and oxygen atoms in total. The molecule has 2 aromatic rings. The van der Waals surface area contributed by atoms with Crippen LogP contribution in [0.15, 0.2) is 36.4 Å². The highest BCUT2D eigenvalue weighted by Crippen LogP contribution is 2.35. The van der Waals surface area contributed by atoms with E-state index in [-0.39, 0.29) is 33.0 Å². The summed E-state index contributed by atoms with van der Waals surface area (Å²) in [6.45, 7) is -0.144. The lowest BCUT2D eigenvalue weighted by Gasteiger charge is -2.12. The number of carboxylic acid groups (broad SMARTS) is 1. The third-order valence-corrected chi connectivity index (χ3v) is 3.78. The van der Waals surface area contributed by atoms with Crippen LogP contribution < -0.4 is 4.74 Å². The van der Waals surface area contributed by atoms with E-state index >= 15 is 0 Å². The molecule has 23 heavy (non-hydrogen) atoms. The van der Waals surface area contributed by atoms with E-state index in [1.165, 1.54) is 30.3 Å². The molecule has 0 heterocycles. The lowest BCUT2D eigenvalue weighted by Crippen LogP contribution is -2.00. The first-order valence-corrected chi connectivity index (χ1v) is 7.47. The van der Waals surface area contributed by atoms with Crippen LogP contribution in [-0.4, -0.2) is 11.1 Å². The molecule has 0 unspecified atom stereocenters. The maximum absolute atomic E-state index is 13.7. The predicted molar refractivity (Wildman–Crippen MR) is 88.9 cm³/mol. The highest BCUT2D eigenvalue weighted by Gasteiger charge is 2.12. The number of rotatable bonds is 5. The summed E-state index contributed by atoms with van der Waals surface area (Å²) in [6, 6.07) is 7.29. The van der Waals surface area contributed by atoms with Gasteiger partial charge in [-0.25, -0.2) is 9.18 Å². The summed E-state index contributed by atoms with van der Waals surface area (Å²) >= 11 is 18.1. The minimum absolute atomic E-state index is 0.144. The van der Waals surface area contributed by atoms with Gasteiger partial charge in [-0.2, -0.15) is 0 Å². The highest BCUT2D eigenvalue weighted by molar-refractivity contribution is 6.37. The van der Waals surface area contributed by atoms with Crippen LogP contribution in [0.3, 0.4) is 0 Å². The van der Waals surface area contributed by atoms with Crippen molar-refractivity contribution in [2.75, 3.05) is 0 Å². The molecule has 0 amide bonds. The number of carbonyl (C=O) groups is 1. The van der Waals surface area contributed by atoms with Gasteiger partial charge in [0.25, 0.3) is 0 Å². The Labute approximate surface area is 146 Å². The van der Waals surface area contributed by atoms with E-state index in [1.807, 2.05) is 0 Å². The van der Waals surface area contributed by atoms with Gasteiger partial charge in [0.05, 0.1) is 15.1 Å². The van der Waals surface area contributed by atoms with Crippen molar-refractivity contribution in [2.45, 2.75) is 6.61 Å². The molecule has 0 bridgehead atoms. The smallest absolute Gasteiger partial charge is 0.328 e. The average Bonchev–Trinajstić information content (AvgIpc) is 2.46. The van der Waals surface area contributed by atoms with Gasteiger partial charge in [0.1, 0.15) is 12.4 Å². The van der Waals surface area contributed by atoms with E-state index in [2.05, 4.69) is 0 Å². The maximum Gasteiger partial charge on any atom is 0.328 e. The van der Waals surface area contributed by atoms with Gasteiger partial charge in [-0.3, -0.25) is 0 Å². The Balaban J connectivity index is 2.22.